The van der Waals surface area contributed by atoms with Crippen molar-refractivity contribution >= 4 is 18.0 Å². The highest BCUT2D eigenvalue weighted by Crippen LogP contribution is 2.30. The lowest BCUT2D eigenvalue weighted by Gasteiger charge is -2.30. The minimum Gasteiger partial charge on any atom is -0.575 e. The van der Waals surface area contributed by atoms with E-state index in [9.17, 15) is 4.46 Å². The second-order valence-corrected chi connectivity index (χ2v) is 11.6. The first-order chi connectivity index (χ1) is 10.7. The third kappa shape index (κ3) is 11.6. The van der Waals surface area contributed by atoms with Crippen LogP contribution in [0.3, 0.4) is 0 Å². The predicted octanol–water partition coefficient (Wildman–Crippen LogP) is 6.65. The number of rotatable bonds is 17. The van der Waals surface area contributed by atoms with Gasteiger partial charge in [0.15, 0.2) is 0 Å². The average molecular weight is 344 g/mol. The Labute approximate surface area is 142 Å². The fourth-order valence-corrected chi connectivity index (χ4v) is 8.60. The maximum atomic E-state index is 11.3. The van der Waals surface area contributed by atoms with Gasteiger partial charge >= 0.3 is 9.65 Å². The molecular formula is C18H39O2Si2. The van der Waals surface area contributed by atoms with Crippen LogP contribution in [0.5, 0.6) is 0 Å². The van der Waals surface area contributed by atoms with Crippen LogP contribution >= 0.6 is 0 Å². The van der Waals surface area contributed by atoms with Crippen LogP contribution in [0.25, 0.3) is 0 Å². The van der Waals surface area contributed by atoms with Gasteiger partial charge in [-0.2, -0.15) is 0 Å². The van der Waals surface area contributed by atoms with Crippen LogP contribution in [0.4, 0.5) is 0 Å². The molecule has 0 fully saturated rings. The molecule has 1 radical (unpaired) electrons. The molecule has 0 saturated carbocycles. The molecule has 0 bridgehead atoms. The molecule has 0 aromatic rings. The van der Waals surface area contributed by atoms with E-state index in [-0.39, 0.29) is 0 Å². The summed E-state index contributed by atoms with van der Waals surface area (Å²) in [6.45, 7) is 6.78. The fraction of sp³-hybridized carbons (Fsp3) is 1.00. The van der Waals surface area contributed by atoms with Crippen molar-refractivity contribution < 1.29 is 8.58 Å². The Morgan fingerprint density at radius 3 is 1.27 bits per heavy atom. The zero-order valence-corrected chi connectivity index (χ0v) is 17.4. The predicted molar refractivity (Wildman–Crippen MR) is 100 cm³/mol. The summed E-state index contributed by atoms with van der Waals surface area (Å²) >= 11 is 0. The van der Waals surface area contributed by atoms with E-state index in [0.717, 1.165) is 0 Å². The maximum absolute atomic E-state index is 11.3. The summed E-state index contributed by atoms with van der Waals surface area (Å²) in [4.78, 5) is 0. The molecule has 0 rings (SSSR count). The first-order valence-electron chi connectivity index (χ1n) is 9.79. The highest BCUT2D eigenvalue weighted by Gasteiger charge is 2.34. The van der Waals surface area contributed by atoms with Gasteiger partial charge in [-0.25, -0.2) is 0 Å². The van der Waals surface area contributed by atoms with Crippen molar-refractivity contribution in [2.45, 2.75) is 116 Å². The van der Waals surface area contributed by atoms with Crippen molar-refractivity contribution in [2.75, 3.05) is 0 Å². The van der Waals surface area contributed by atoms with E-state index in [4.69, 9.17) is 4.12 Å². The molecule has 22 heavy (non-hydrogen) atoms. The molecule has 0 spiro atoms. The van der Waals surface area contributed by atoms with Crippen molar-refractivity contribution in [3.63, 3.8) is 0 Å². The summed E-state index contributed by atoms with van der Waals surface area (Å²) in [5, 5.41) is 0. The molecule has 0 aliphatic rings. The van der Waals surface area contributed by atoms with Gasteiger partial charge in [0.05, 0.1) is 0 Å². The zero-order valence-electron chi connectivity index (χ0n) is 15.4. The van der Waals surface area contributed by atoms with E-state index in [1.54, 1.807) is 0 Å². The largest absolute Gasteiger partial charge is 0.578 e. The van der Waals surface area contributed by atoms with Gasteiger partial charge in [0.1, 0.15) is 0 Å². The molecule has 0 N–H and O–H groups in total. The van der Waals surface area contributed by atoms with Crippen molar-refractivity contribution in [1.29, 1.82) is 0 Å². The summed E-state index contributed by atoms with van der Waals surface area (Å²) in [6.07, 6.45) is 15.6. The standard InChI is InChI=1S/C18H39O2Si2/c1-4-7-10-13-16-22(20-21-19,17-14-11-8-5-2)18-15-12-9-6-3/h4-18H2,1-3H3. The van der Waals surface area contributed by atoms with Gasteiger partial charge in [-0.05, 0) is 18.1 Å². The van der Waals surface area contributed by atoms with Gasteiger partial charge in [-0.3, -0.25) is 0 Å². The van der Waals surface area contributed by atoms with Gasteiger partial charge in [0.25, 0.3) is 0 Å². The first kappa shape index (κ1) is 22.0. The minimum atomic E-state index is -1.75. The van der Waals surface area contributed by atoms with E-state index in [1.165, 1.54) is 95.2 Å². The summed E-state index contributed by atoms with van der Waals surface area (Å²) in [5.74, 6) is 0. The van der Waals surface area contributed by atoms with Gasteiger partial charge in [0.2, 0.25) is 8.32 Å². The van der Waals surface area contributed by atoms with Crippen molar-refractivity contribution in [3.8, 4) is 0 Å². The number of hydrogen-bond donors (Lipinski definition) is 0. The molecule has 131 valence electrons. The van der Waals surface area contributed by atoms with Crippen LogP contribution in [-0.4, -0.2) is 18.0 Å². The average Bonchev–Trinajstić information content (AvgIpc) is 2.53. The quantitative estimate of drug-likeness (QED) is 0.218. The Hall–Kier alpha value is 0.0338. The molecule has 2 nitrogen and oxygen atoms in total. The van der Waals surface area contributed by atoms with Gasteiger partial charge in [-0.15, -0.1) is 0 Å². The zero-order chi connectivity index (χ0) is 16.5. The van der Waals surface area contributed by atoms with E-state index in [0.29, 0.717) is 0 Å². The lowest BCUT2D eigenvalue weighted by atomic mass is 10.2. The van der Waals surface area contributed by atoms with Gasteiger partial charge in [0, 0.05) is 0 Å². The minimum absolute atomic E-state index is 0.543. The molecular weight excluding hydrogens is 304 g/mol. The van der Waals surface area contributed by atoms with Crippen molar-refractivity contribution in [2.24, 2.45) is 0 Å². The molecule has 0 aliphatic heterocycles. The van der Waals surface area contributed by atoms with Crippen LogP contribution in [0.1, 0.15) is 97.8 Å². The molecule has 0 unspecified atom stereocenters. The van der Waals surface area contributed by atoms with Crippen molar-refractivity contribution in [1.82, 2.24) is 0 Å². The van der Waals surface area contributed by atoms with Crippen LogP contribution in [0, 0.1) is 0 Å². The molecule has 0 aliphatic carbocycles. The molecule has 0 saturated heterocycles. The second kappa shape index (κ2) is 15.9. The molecule has 0 aromatic carbocycles. The Morgan fingerprint density at radius 1 is 0.636 bits per heavy atom. The van der Waals surface area contributed by atoms with Crippen molar-refractivity contribution in [3.05, 3.63) is 0 Å². The van der Waals surface area contributed by atoms with E-state index < -0.39 is 18.0 Å². The smallest absolute Gasteiger partial charge is 0.575 e. The normalized spacial score (nSPS) is 11.6. The maximum Gasteiger partial charge on any atom is 0.578 e. The lowest BCUT2D eigenvalue weighted by molar-refractivity contribution is 0.458. The van der Waals surface area contributed by atoms with Gasteiger partial charge in [-0.1, -0.05) is 97.8 Å². The van der Waals surface area contributed by atoms with Crippen LogP contribution in [0.2, 0.25) is 18.1 Å². The summed E-state index contributed by atoms with van der Waals surface area (Å²) in [5.41, 5.74) is 0. The van der Waals surface area contributed by atoms with Crippen LogP contribution < -0.4 is 0 Å². The molecule has 0 heterocycles. The topological polar surface area (TPSA) is 26.3 Å². The third-order valence-corrected chi connectivity index (χ3v) is 10.6. The SMILES string of the molecule is CCCCCC[Si](CCCCCC)(CCCCCC)O[Si]=O. The Balaban J connectivity index is 4.43. The summed E-state index contributed by atoms with van der Waals surface area (Å²) in [6, 6.07) is 3.71. The molecule has 0 atom stereocenters. The third-order valence-electron chi connectivity index (χ3n) is 4.72. The highest BCUT2D eigenvalue weighted by atomic mass is 28.4. The van der Waals surface area contributed by atoms with Gasteiger partial charge < -0.3 is 8.58 Å². The summed E-state index contributed by atoms with van der Waals surface area (Å²) < 4.78 is 17.2. The number of unbranched alkanes of at least 4 members (excludes halogenated alkanes) is 9. The number of hydrogen-bond acceptors (Lipinski definition) is 2. The first-order valence-corrected chi connectivity index (χ1v) is 13.1. The Bertz CT molecular complexity index is 216. The Morgan fingerprint density at radius 2 is 1.00 bits per heavy atom. The second-order valence-electron chi connectivity index (χ2n) is 6.80. The Kier molecular flexibility index (Phi) is 15.9. The van der Waals surface area contributed by atoms with Crippen LogP contribution in [0.15, 0.2) is 0 Å². The van der Waals surface area contributed by atoms with E-state index >= 15 is 0 Å². The molecule has 0 aromatic heterocycles. The summed E-state index contributed by atoms with van der Waals surface area (Å²) in [7, 11) is -2.29. The molecule has 4 heteroatoms. The van der Waals surface area contributed by atoms with E-state index in [2.05, 4.69) is 20.8 Å². The fourth-order valence-electron chi connectivity index (χ4n) is 3.24. The van der Waals surface area contributed by atoms with Crippen LogP contribution in [-0.2, 0) is 8.58 Å². The monoisotopic (exact) mass is 343 g/mol. The lowest BCUT2D eigenvalue weighted by Crippen LogP contribution is -2.38. The van der Waals surface area contributed by atoms with E-state index in [1.807, 2.05) is 0 Å². The highest BCUT2D eigenvalue weighted by molar-refractivity contribution is 6.76. The molecule has 0 amide bonds.